The van der Waals surface area contributed by atoms with Gasteiger partial charge in [-0.15, -0.1) is 0 Å². The highest BCUT2D eigenvalue weighted by Gasteiger charge is 2.04. The zero-order chi connectivity index (χ0) is 13.9. The molecule has 0 fully saturated rings. The lowest BCUT2D eigenvalue weighted by molar-refractivity contribution is 0.936. The molecule has 0 amide bonds. The second-order valence-electron chi connectivity index (χ2n) is 4.87. The fourth-order valence-corrected chi connectivity index (χ4v) is 2.28. The van der Waals surface area contributed by atoms with E-state index in [0.29, 0.717) is 6.54 Å². The van der Waals surface area contributed by atoms with Gasteiger partial charge in [0.25, 0.3) is 0 Å². The maximum atomic E-state index is 5.56. The van der Waals surface area contributed by atoms with E-state index in [9.17, 15) is 0 Å². The lowest BCUT2D eigenvalue weighted by Crippen LogP contribution is -2.02. The van der Waals surface area contributed by atoms with Gasteiger partial charge in [0.1, 0.15) is 0 Å². The number of hydrogen-bond acceptors (Lipinski definition) is 3. The van der Waals surface area contributed by atoms with E-state index in [2.05, 4.69) is 47.4 Å². The Kier molecular flexibility index (Phi) is 3.48. The molecule has 3 rings (SSSR count). The van der Waals surface area contributed by atoms with Crippen LogP contribution in [0.25, 0.3) is 16.9 Å². The van der Waals surface area contributed by atoms with E-state index in [0.717, 1.165) is 29.9 Å². The molecule has 0 aliphatic carbocycles. The molecule has 3 aromatic rings. The average molecular weight is 266 g/mol. The van der Waals surface area contributed by atoms with Gasteiger partial charge < -0.3 is 5.73 Å². The summed E-state index contributed by atoms with van der Waals surface area (Å²) < 4.78 is 1.97. The van der Waals surface area contributed by atoms with Gasteiger partial charge in [0.2, 0.25) is 5.78 Å². The van der Waals surface area contributed by atoms with Crippen molar-refractivity contribution in [3.05, 3.63) is 54.1 Å². The minimum atomic E-state index is 0.606. The van der Waals surface area contributed by atoms with Crippen LogP contribution in [-0.2, 0) is 12.8 Å². The first-order valence-electron chi connectivity index (χ1n) is 6.93. The van der Waals surface area contributed by atoms with Crippen LogP contribution in [0.5, 0.6) is 0 Å². The van der Waals surface area contributed by atoms with Gasteiger partial charge in [-0.25, -0.2) is 9.97 Å². The average Bonchev–Trinajstić information content (AvgIpc) is 2.89. The minimum Gasteiger partial charge on any atom is -0.330 e. The summed E-state index contributed by atoms with van der Waals surface area (Å²) in [6.45, 7) is 2.77. The number of fused-ring (bicyclic) bond motifs is 1. The Balaban J connectivity index is 1.98. The van der Waals surface area contributed by atoms with E-state index in [1.165, 1.54) is 11.1 Å². The number of hydrogen-bond donors (Lipinski definition) is 1. The highest BCUT2D eigenvalue weighted by molar-refractivity contribution is 5.62. The maximum absolute atomic E-state index is 5.56. The molecule has 0 bridgehead atoms. The molecule has 2 aromatic heterocycles. The molecule has 1 aromatic carbocycles. The monoisotopic (exact) mass is 266 g/mol. The molecule has 0 saturated heterocycles. The summed E-state index contributed by atoms with van der Waals surface area (Å²) in [5, 5.41) is 0. The Morgan fingerprint density at radius 3 is 2.60 bits per heavy atom. The normalized spacial score (nSPS) is 11.1. The van der Waals surface area contributed by atoms with E-state index >= 15 is 0 Å². The fraction of sp³-hybridized carbons (Fsp3) is 0.250. The second-order valence-corrected chi connectivity index (χ2v) is 4.87. The van der Waals surface area contributed by atoms with Gasteiger partial charge in [0.05, 0.1) is 5.69 Å². The number of rotatable bonds is 4. The molecule has 0 radical (unpaired) electrons. The predicted octanol–water partition coefficient (Wildman–Crippen LogP) is 2.46. The molecule has 0 unspecified atom stereocenters. The van der Waals surface area contributed by atoms with Gasteiger partial charge in [0.15, 0.2) is 0 Å². The second kappa shape index (κ2) is 5.43. The van der Waals surface area contributed by atoms with Crippen molar-refractivity contribution in [2.45, 2.75) is 19.8 Å². The maximum Gasteiger partial charge on any atom is 0.233 e. The van der Waals surface area contributed by atoms with E-state index in [1.807, 2.05) is 16.8 Å². The van der Waals surface area contributed by atoms with Crippen molar-refractivity contribution in [2.75, 3.05) is 6.54 Å². The number of nitrogens with two attached hydrogens (primary N) is 1. The van der Waals surface area contributed by atoms with Crippen LogP contribution in [0, 0.1) is 0 Å². The third-order valence-corrected chi connectivity index (χ3v) is 3.46. The van der Waals surface area contributed by atoms with Gasteiger partial charge in [0, 0.05) is 30.6 Å². The Hall–Kier alpha value is -2.20. The summed E-state index contributed by atoms with van der Waals surface area (Å²) in [7, 11) is 0. The summed E-state index contributed by atoms with van der Waals surface area (Å²) >= 11 is 0. The zero-order valence-electron chi connectivity index (χ0n) is 11.6. The van der Waals surface area contributed by atoms with Crippen LogP contribution in [0.1, 0.15) is 18.2 Å². The largest absolute Gasteiger partial charge is 0.330 e. The van der Waals surface area contributed by atoms with E-state index < -0.39 is 0 Å². The Labute approximate surface area is 118 Å². The molecule has 4 nitrogen and oxygen atoms in total. The summed E-state index contributed by atoms with van der Waals surface area (Å²) in [6.07, 6.45) is 7.77. The number of benzene rings is 1. The Morgan fingerprint density at radius 2 is 1.90 bits per heavy atom. The minimum absolute atomic E-state index is 0.606. The first kappa shape index (κ1) is 12.8. The van der Waals surface area contributed by atoms with Gasteiger partial charge in [-0.3, -0.25) is 4.40 Å². The van der Waals surface area contributed by atoms with Crippen molar-refractivity contribution in [2.24, 2.45) is 5.73 Å². The molecule has 2 N–H and O–H groups in total. The molecule has 0 aliphatic heterocycles. The third kappa shape index (κ3) is 2.42. The number of nitrogens with zero attached hydrogens (tertiary/aromatic N) is 3. The van der Waals surface area contributed by atoms with Crippen LogP contribution in [-0.4, -0.2) is 20.9 Å². The predicted molar refractivity (Wildman–Crippen MR) is 80.6 cm³/mol. The molecular weight excluding hydrogens is 248 g/mol. The molecule has 0 saturated carbocycles. The molecule has 20 heavy (non-hydrogen) atoms. The zero-order valence-corrected chi connectivity index (χ0v) is 11.6. The molecule has 0 aliphatic rings. The molecule has 2 heterocycles. The molecule has 102 valence electrons. The van der Waals surface area contributed by atoms with Crippen molar-refractivity contribution < 1.29 is 0 Å². The van der Waals surface area contributed by atoms with Crippen LogP contribution < -0.4 is 5.73 Å². The smallest absolute Gasteiger partial charge is 0.233 e. The number of aromatic nitrogens is 3. The van der Waals surface area contributed by atoms with Crippen LogP contribution in [0.3, 0.4) is 0 Å². The van der Waals surface area contributed by atoms with Crippen molar-refractivity contribution >= 4 is 5.78 Å². The Morgan fingerprint density at radius 1 is 1.10 bits per heavy atom. The van der Waals surface area contributed by atoms with Crippen LogP contribution in [0.2, 0.25) is 0 Å². The van der Waals surface area contributed by atoms with Gasteiger partial charge in [-0.2, -0.15) is 0 Å². The van der Waals surface area contributed by atoms with E-state index in [-0.39, 0.29) is 0 Å². The highest BCUT2D eigenvalue weighted by Crippen LogP contribution is 2.19. The highest BCUT2D eigenvalue weighted by atomic mass is 15.1. The number of aryl methyl sites for hydroxylation is 1. The number of imidazole rings is 1. The standard InChI is InChI=1S/C16H18N4/c1-2-12-3-5-13(6-4-12)14-9-18-16-19-15(7-8-17)11-20(16)10-14/h3-6,9-11H,2,7-8,17H2,1H3. The van der Waals surface area contributed by atoms with Crippen molar-refractivity contribution in [3.8, 4) is 11.1 Å². The lowest BCUT2D eigenvalue weighted by atomic mass is 10.1. The van der Waals surface area contributed by atoms with Gasteiger partial charge in [-0.05, 0) is 24.1 Å². The first-order chi connectivity index (χ1) is 9.80. The summed E-state index contributed by atoms with van der Waals surface area (Å²) in [4.78, 5) is 8.85. The topological polar surface area (TPSA) is 56.2 Å². The van der Waals surface area contributed by atoms with Crippen molar-refractivity contribution in [1.29, 1.82) is 0 Å². The fourth-order valence-electron chi connectivity index (χ4n) is 2.28. The van der Waals surface area contributed by atoms with Crippen molar-refractivity contribution in [3.63, 3.8) is 0 Å². The SMILES string of the molecule is CCc1ccc(-c2cnc3nc(CCN)cn3c2)cc1. The van der Waals surface area contributed by atoms with Crippen LogP contribution in [0.15, 0.2) is 42.9 Å². The lowest BCUT2D eigenvalue weighted by Gasteiger charge is -2.03. The molecule has 0 atom stereocenters. The van der Waals surface area contributed by atoms with Gasteiger partial charge in [-0.1, -0.05) is 31.2 Å². The summed E-state index contributed by atoms with van der Waals surface area (Å²) in [5.41, 5.74) is 10.2. The van der Waals surface area contributed by atoms with E-state index in [1.54, 1.807) is 0 Å². The molecule has 0 spiro atoms. The summed E-state index contributed by atoms with van der Waals surface area (Å²) in [5.74, 6) is 0.724. The van der Waals surface area contributed by atoms with Crippen LogP contribution in [0.4, 0.5) is 0 Å². The summed E-state index contributed by atoms with van der Waals surface area (Å²) in [6, 6.07) is 8.60. The van der Waals surface area contributed by atoms with Crippen LogP contribution >= 0.6 is 0 Å². The molecule has 4 heteroatoms. The third-order valence-electron chi connectivity index (χ3n) is 3.46. The Bertz CT molecular complexity index is 713. The van der Waals surface area contributed by atoms with E-state index in [4.69, 9.17) is 5.73 Å². The van der Waals surface area contributed by atoms with Gasteiger partial charge >= 0.3 is 0 Å². The first-order valence-corrected chi connectivity index (χ1v) is 6.93. The van der Waals surface area contributed by atoms with Crippen molar-refractivity contribution in [1.82, 2.24) is 14.4 Å². The quantitative estimate of drug-likeness (QED) is 0.789. The molecular formula is C16H18N4.